The van der Waals surface area contributed by atoms with Crippen LogP contribution in [-0.4, -0.2) is 13.7 Å². The molecular formula is C48H31N3. The van der Waals surface area contributed by atoms with E-state index >= 15 is 0 Å². The summed E-state index contributed by atoms with van der Waals surface area (Å²) in [5, 5.41) is 7.65. The van der Waals surface area contributed by atoms with Crippen molar-refractivity contribution >= 4 is 65.4 Å². The lowest BCUT2D eigenvalue weighted by molar-refractivity contribution is 1.17. The zero-order valence-corrected chi connectivity index (χ0v) is 27.7. The number of aromatic nitrogens is 3. The largest absolute Gasteiger partial charge is 0.309 e. The molecule has 0 saturated carbocycles. The van der Waals surface area contributed by atoms with E-state index in [1.54, 1.807) is 0 Å². The molecule has 0 spiro atoms. The standard InChI is InChI=1S/C48H31N3/c1-3-14-33(15-4-1)49-40-22-10-7-18-37(40)46-36(21-13-25-43(46)49)32-26-28-35(29-27-32)51-42-24-12-9-20-39(42)48-45(51)31-30-44-47(48)38-19-8-11-23-41(38)50(44)34-16-5-2-6-17-34/h1-31H. The molecule has 11 rings (SSSR count). The number of nitrogens with zero attached hydrogens (tertiary/aromatic N) is 3. The maximum Gasteiger partial charge on any atom is 0.0548 e. The second-order valence-electron chi connectivity index (χ2n) is 13.3. The van der Waals surface area contributed by atoms with E-state index in [0.717, 1.165) is 5.69 Å². The fraction of sp³-hybridized carbons (Fsp3) is 0. The molecule has 0 unspecified atom stereocenters. The van der Waals surface area contributed by atoms with Gasteiger partial charge in [-0.05, 0) is 83.9 Å². The van der Waals surface area contributed by atoms with Gasteiger partial charge in [0.05, 0.1) is 33.1 Å². The molecule has 0 aliphatic rings. The summed E-state index contributed by atoms with van der Waals surface area (Å²) in [6.07, 6.45) is 0. The van der Waals surface area contributed by atoms with Crippen LogP contribution in [0.1, 0.15) is 0 Å². The first-order valence-electron chi connectivity index (χ1n) is 17.5. The number of hydrogen-bond donors (Lipinski definition) is 0. The minimum absolute atomic E-state index is 1.15. The van der Waals surface area contributed by atoms with Gasteiger partial charge >= 0.3 is 0 Å². The number of para-hydroxylation sites is 5. The molecule has 0 atom stereocenters. The van der Waals surface area contributed by atoms with Crippen LogP contribution in [-0.2, 0) is 0 Å². The van der Waals surface area contributed by atoms with Gasteiger partial charge < -0.3 is 13.7 Å². The van der Waals surface area contributed by atoms with E-state index < -0.39 is 0 Å². The first-order valence-corrected chi connectivity index (χ1v) is 17.5. The fourth-order valence-corrected chi connectivity index (χ4v) is 8.56. The van der Waals surface area contributed by atoms with Crippen molar-refractivity contribution in [3.63, 3.8) is 0 Å². The molecule has 0 saturated heterocycles. The van der Waals surface area contributed by atoms with Gasteiger partial charge in [0, 0.05) is 49.4 Å². The van der Waals surface area contributed by atoms with Crippen molar-refractivity contribution in [1.82, 2.24) is 13.7 Å². The van der Waals surface area contributed by atoms with Crippen LogP contribution in [0.15, 0.2) is 188 Å². The van der Waals surface area contributed by atoms with Gasteiger partial charge in [-0.3, -0.25) is 0 Å². The highest BCUT2D eigenvalue weighted by molar-refractivity contribution is 6.29. The zero-order chi connectivity index (χ0) is 33.5. The number of fused-ring (bicyclic) bond motifs is 10. The lowest BCUT2D eigenvalue weighted by Crippen LogP contribution is -1.95. The molecule has 3 aromatic heterocycles. The summed E-state index contributed by atoms with van der Waals surface area (Å²) in [6, 6.07) is 68.3. The summed E-state index contributed by atoms with van der Waals surface area (Å²) in [7, 11) is 0. The summed E-state index contributed by atoms with van der Waals surface area (Å²) in [6.45, 7) is 0. The smallest absolute Gasteiger partial charge is 0.0548 e. The van der Waals surface area contributed by atoms with Crippen LogP contribution in [0, 0.1) is 0 Å². The van der Waals surface area contributed by atoms with Crippen LogP contribution in [0.4, 0.5) is 0 Å². The third-order valence-corrected chi connectivity index (χ3v) is 10.6. The van der Waals surface area contributed by atoms with Crippen molar-refractivity contribution in [3.05, 3.63) is 188 Å². The van der Waals surface area contributed by atoms with Gasteiger partial charge in [0.15, 0.2) is 0 Å². The van der Waals surface area contributed by atoms with E-state index in [9.17, 15) is 0 Å². The average molecular weight is 650 g/mol. The van der Waals surface area contributed by atoms with Crippen LogP contribution in [0.5, 0.6) is 0 Å². The Morgan fingerprint density at radius 1 is 0.235 bits per heavy atom. The zero-order valence-electron chi connectivity index (χ0n) is 27.7. The fourth-order valence-electron chi connectivity index (χ4n) is 8.56. The Kier molecular flexibility index (Phi) is 5.96. The Labute approximate surface area is 294 Å². The van der Waals surface area contributed by atoms with Crippen LogP contribution in [0.3, 0.4) is 0 Å². The molecule has 3 nitrogen and oxygen atoms in total. The predicted octanol–water partition coefficient (Wildman–Crippen LogP) is 12.6. The van der Waals surface area contributed by atoms with Gasteiger partial charge in [-0.1, -0.05) is 115 Å². The molecule has 3 heterocycles. The van der Waals surface area contributed by atoms with E-state index in [1.165, 1.54) is 87.9 Å². The maximum atomic E-state index is 2.43. The Morgan fingerprint density at radius 2 is 0.608 bits per heavy atom. The van der Waals surface area contributed by atoms with E-state index in [1.807, 2.05) is 0 Å². The van der Waals surface area contributed by atoms with Crippen LogP contribution in [0.2, 0.25) is 0 Å². The molecule has 238 valence electrons. The van der Waals surface area contributed by atoms with E-state index in [0.29, 0.717) is 0 Å². The molecule has 0 bridgehead atoms. The van der Waals surface area contributed by atoms with Crippen molar-refractivity contribution in [2.45, 2.75) is 0 Å². The lowest BCUT2D eigenvalue weighted by Gasteiger charge is -2.11. The van der Waals surface area contributed by atoms with Crippen LogP contribution >= 0.6 is 0 Å². The van der Waals surface area contributed by atoms with Gasteiger partial charge in [-0.15, -0.1) is 0 Å². The molecule has 8 aromatic carbocycles. The Bertz CT molecular complexity index is 3110. The third kappa shape index (κ3) is 4.00. The van der Waals surface area contributed by atoms with Crippen molar-refractivity contribution in [3.8, 4) is 28.2 Å². The van der Waals surface area contributed by atoms with Crippen molar-refractivity contribution in [2.24, 2.45) is 0 Å². The molecule has 0 aliphatic heterocycles. The quantitative estimate of drug-likeness (QED) is 0.180. The molecule has 11 aromatic rings. The average Bonchev–Trinajstić information content (AvgIpc) is 3.84. The van der Waals surface area contributed by atoms with Crippen molar-refractivity contribution in [1.29, 1.82) is 0 Å². The highest BCUT2D eigenvalue weighted by Crippen LogP contribution is 2.43. The second kappa shape index (κ2) is 10.8. The van der Waals surface area contributed by atoms with E-state index in [2.05, 4.69) is 202 Å². The summed E-state index contributed by atoms with van der Waals surface area (Å²) < 4.78 is 7.22. The third-order valence-electron chi connectivity index (χ3n) is 10.6. The molecule has 3 heteroatoms. The molecule has 0 radical (unpaired) electrons. The second-order valence-corrected chi connectivity index (χ2v) is 13.3. The normalized spacial score (nSPS) is 11.9. The number of hydrogen-bond acceptors (Lipinski definition) is 0. The Morgan fingerprint density at radius 3 is 1.10 bits per heavy atom. The molecule has 0 fully saturated rings. The number of benzene rings is 8. The van der Waals surface area contributed by atoms with E-state index in [-0.39, 0.29) is 0 Å². The molecule has 0 N–H and O–H groups in total. The highest BCUT2D eigenvalue weighted by Gasteiger charge is 2.21. The summed E-state index contributed by atoms with van der Waals surface area (Å²) in [4.78, 5) is 0. The van der Waals surface area contributed by atoms with Crippen LogP contribution < -0.4 is 0 Å². The Balaban J connectivity index is 1.13. The van der Waals surface area contributed by atoms with Gasteiger partial charge in [0.2, 0.25) is 0 Å². The maximum absolute atomic E-state index is 2.43. The summed E-state index contributed by atoms with van der Waals surface area (Å²) in [5.41, 5.74) is 13.2. The lowest BCUT2D eigenvalue weighted by atomic mass is 9.99. The topological polar surface area (TPSA) is 14.8 Å². The first-order chi connectivity index (χ1) is 25.3. The summed E-state index contributed by atoms with van der Waals surface area (Å²) >= 11 is 0. The van der Waals surface area contributed by atoms with Gasteiger partial charge in [0.25, 0.3) is 0 Å². The minimum Gasteiger partial charge on any atom is -0.309 e. The van der Waals surface area contributed by atoms with Crippen molar-refractivity contribution in [2.75, 3.05) is 0 Å². The summed E-state index contributed by atoms with van der Waals surface area (Å²) in [5.74, 6) is 0. The Hall–Kier alpha value is -6.84. The SMILES string of the molecule is c1ccc(-n2c3ccccc3c3c(-c4ccc(-n5c6ccccc6c6c7c8ccccc8n(-c8ccccc8)c7ccc65)cc4)cccc32)cc1. The minimum atomic E-state index is 1.15. The monoisotopic (exact) mass is 649 g/mol. The molecule has 0 aliphatic carbocycles. The predicted molar refractivity (Wildman–Crippen MR) is 215 cm³/mol. The van der Waals surface area contributed by atoms with E-state index in [4.69, 9.17) is 0 Å². The van der Waals surface area contributed by atoms with Crippen LogP contribution in [0.25, 0.3) is 93.6 Å². The van der Waals surface area contributed by atoms with Gasteiger partial charge in [-0.2, -0.15) is 0 Å². The molecule has 51 heavy (non-hydrogen) atoms. The molecule has 0 amide bonds. The molecular weight excluding hydrogens is 619 g/mol. The highest BCUT2D eigenvalue weighted by atomic mass is 15.0. The van der Waals surface area contributed by atoms with Crippen molar-refractivity contribution < 1.29 is 0 Å². The van der Waals surface area contributed by atoms with Gasteiger partial charge in [0.1, 0.15) is 0 Å². The number of rotatable bonds is 4. The van der Waals surface area contributed by atoms with Gasteiger partial charge in [-0.25, -0.2) is 0 Å². The first kappa shape index (κ1) is 28.0.